The third kappa shape index (κ3) is 6.15. The maximum atomic E-state index is 11.7. The first kappa shape index (κ1) is 18.8. The number of hydrogen-bond acceptors (Lipinski definition) is 6. The standard InChI is InChI=1S/C10H12O6S2.Na/c1-8(11)9-3-2-4-10(7-9)17(12,13)5-6-18(14,15)16;/h2-4,7H,5-6H2,1H3,(H,14,15,16);/q;+1/p-1. The van der Waals surface area contributed by atoms with Gasteiger partial charge in [0, 0.05) is 5.56 Å². The van der Waals surface area contributed by atoms with Crippen LogP contribution in [0, 0.1) is 0 Å². The molecule has 0 radical (unpaired) electrons. The van der Waals surface area contributed by atoms with Crippen LogP contribution in [0.1, 0.15) is 17.3 Å². The molecule has 0 aliphatic carbocycles. The first-order chi connectivity index (χ1) is 8.12. The van der Waals surface area contributed by atoms with Crippen LogP contribution in [-0.2, 0) is 20.0 Å². The average molecular weight is 314 g/mol. The molecule has 0 N–H and O–H groups in total. The predicted octanol–water partition coefficient (Wildman–Crippen LogP) is -2.79. The van der Waals surface area contributed by atoms with Gasteiger partial charge in [-0.05, 0) is 19.1 Å². The maximum Gasteiger partial charge on any atom is 1.00 e. The molecule has 100 valence electrons. The van der Waals surface area contributed by atoms with E-state index in [2.05, 4.69) is 0 Å². The smallest absolute Gasteiger partial charge is 0.748 e. The third-order valence-electron chi connectivity index (χ3n) is 2.20. The molecule has 0 aromatic heterocycles. The summed E-state index contributed by atoms with van der Waals surface area (Å²) in [6, 6.07) is 5.25. The van der Waals surface area contributed by atoms with Gasteiger partial charge in [0.1, 0.15) is 0 Å². The van der Waals surface area contributed by atoms with Crippen molar-refractivity contribution in [3.05, 3.63) is 29.8 Å². The average Bonchev–Trinajstić information content (AvgIpc) is 2.26. The van der Waals surface area contributed by atoms with Gasteiger partial charge < -0.3 is 4.55 Å². The molecule has 0 saturated heterocycles. The Labute approximate surface area is 134 Å². The quantitative estimate of drug-likeness (QED) is 0.330. The second-order valence-corrected chi connectivity index (χ2v) is 7.30. The van der Waals surface area contributed by atoms with Crippen molar-refractivity contribution >= 4 is 25.7 Å². The van der Waals surface area contributed by atoms with Gasteiger partial charge in [-0.25, -0.2) is 16.8 Å². The largest absolute Gasteiger partial charge is 1.00 e. The van der Waals surface area contributed by atoms with E-state index in [9.17, 15) is 26.2 Å². The molecule has 0 aliphatic heterocycles. The molecule has 0 spiro atoms. The van der Waals surface area contributed by atoms with Gasteiger partial charge in [0.15, 0.2) is 15.6 Å². The van der Waals surface area contributed by atoms with Gasteiger partial charge >= 0.3 is 29.6 Å². The molecule has 0 fully saturated rings. The molecule has 0 saturated carbocycles. The van der Waals surface area contributed by atoms with Gasteiger partial charge in [-0.3, -0.25) is 4.79 Å². The van der Waals surface area contributed by atoms with Crippen molar-refractivity contribution in [1.82, 2.24) is 0 Å². The summed E-state index contributed by atoms with van der Waals surface area (Å²) in [4.78, 5) is 10.9. The summed E-state index contributed by atoms with van der Waals surface area (Å²) in [5.41, 5.74) is 0.209. The normalized spacial score (nSPS) is 11.7. The molecule has 0 atom stereocenters. The molecule has 6 nitrogen and oxygen atoms in total. The zero-order valence-electron chi connectivity index (χ0n) is 10.5. The molecule has 9 heteroatoms. The monoisotopic (exact) mass is 314 g/mol. The number of sulfone groups is 1. The minimum absolute atomic E-state index is 0. The van der Waals surface area contributed by atoms with Gasteiger partial charge in [0.2, 0.25) is 0 Å². The molecular formula is C10H11NaO6S2. The first-order valence-corrected chi connectivity index (χ1v) is 8.12. The number of hydrogen-bond donors (Lipinski definition) is 0. The van der Waals surface area contributed by atoms with Crippen LogP contribution in [0.2, 0.25) is 0 Å². The van der Waals surface area contributed by atoms with E-state index >= 15 is 0 Å². The fraction of sp³-hybridized carbons (Fsp3) is 0.300. The van der Waals surface area contributed by atoms with E-state index in [4.69, 9.17) is 0 Å². The molecule has 0 unspecified atom stereocenters. The van der Waals surface area contributed by atoms with Crippen LogP contribution in [0.5, 0.6) is 0 Å². The SMILES string of the molecule is CC(=O)c1cccc(S(=O)(=O)CCS(=O)(=O)[O-])c1.[Na+]. The van der Waals surface area contributed by atoms with Crippen molar-refractivity contribution in [1.29, 1.82) is 0 Å². The van der Waals surface area contributed by atoms with Crippen molar-refractivity contribution in [2.45, 2.75) is 11.8 Å². The van der Waals surface area contributed by atoms with E-state index in [0.29, 0.717) is 0 Å². The van der Waals surface area contributed by atoms with Crippen molar-refractivity contribution in [3.8, 4) is 0 Å². The first-order valence-electron chi connectivity index (χ1n) is 4.89. The second kappa shape index (κ2) is 6.96. The Morgan fingerprint density at radius 2 is 1.74 bits per heavy atom. The summed E-state index contributed by atoms with van der Waals surface area (Å²) < 4.78 is 54.7. The minimum atomic E-state index is -4.59. The molecule has 0 aliphatic rings. The zero-order chi connectivity index (χ0) is 14.0. The molecule has 0 heterocycles. The van der Waals surface area contributed by atoms with E-state index in [1.165, 1.54) is 25.1 Å². The molecule has 0 amide bonds. The second-order valence-electron chi connectivity index (χ2n) is 3.66. The van der Waals surface area contributed by atoms with Crippen molar-refractivity contribution < 1.29 is 55.7 Å². The molecule has 1 aromatic rings. The van der Waals surface area contributed by atoms with E-state index < -0.39 is 31.5 Å². The van der Waals surface area contributed by atoms with Gasteiger partial charge in [-0.15, -0.1) is 0 Å². The van der Waals surface area contributed by atoms with E-state index in [0.717, 1.165) is 6.07 Å². The van der Waals surface area contributed by atoms with E-state index in [-0.39, 0.29) is 45.8 Å². The molecule has 1 aromatic carbocycles. The molecule has 19 heavy (non-hydrogen) atoms. The van der Waals surface area contributed by atoms with Crippen LogP contribution in [0.3, 0.4) is 0 Å². The van der Waals surface area contributed by atoms with E-state index in [1.54, 1.807) is 0 Å². The number of rotatable bonds is 5. The minimum Gasteiger partial charge on any atom is -0.748 e. The summed E-state index contributed by atoms with van der Waals surface area (Å²) in [5, 5.41) is 0. The topological polar surface area (TPSA) is 108 Å². The van der Waals surface area contributed by atoms with Gasteiger partial charge in [0.05, 0.1) is 26.5 Å². The van der Waals surface area contributed by atoms with Crippen molar-refractivity contribution in [2.24, 2.45) is 0 Å². The Kier molecular flexibility index (Phi) is 6.87. The third-order valence-corrected chi connectivity index (χ3v) is 4.88. The summed E-state index contributed by atoms with van der Waals surface area (Å²) >= 11 is 0. The van der Waals surface area contributed by atoms with Crippen LogP contribution < -0.4 is 29.6 Å². The molecule has 0 bridgehead atoms. The number of carbonyl (C=O) groups is 1. The van der Waals surface area contributed by atoms with Crippen LogP contribution >= 0.6 is 0 Å². The van der Waals surface area contributed by atoms with Crippen molar-refractivity contribution in [2.75, 3.05) is 11.5 Å². The Hall–Kier alpha value is -0.250. The maximum absolute atomic E-state index is 11.7. The fourth-order valence-electron chi connectivity index (χ4n) is 1.24. The van der Waals surface area contributed by atoms with Crippen LogP contribution in [-0.4, -0.2) is 38.7 Å². The van der Waals surface area contributed by atoms with E-state index in [1.807, 2.05) is 0 Å². The Bertz CT molecular complexity index is 663. The number of Topliss-reactive ketones (excluding diaryl/α,β-unsaturated/α-hetero) is 1. The summed E-state index contributed by atoms with van der Waals surface area (Å²) in [6.45, 7) is 1.29. The van der Waals surface area contributed by atoms with Crippen LogP contribution in [0.25, 0.3) is 0 Å². The Morgan fingerprint density at radius 3 is 2.21 bits per heavy atom. The fourth-order valence-corrected chi connectivity index (χ4v) is 3.76. The zero-order valence-corrected chi connectivity index (χ0v) is 14.1. The summed E-state index contributed by atoms with van der Waals surface area (Å²) in [7, 11) is -8.47. The van der Waals surface area contributed by atoms with Crippen LogP contribution in [0.4, 0.5) is 0 Å². The van der Waals surface area contributed by atoms with Gasteiger partial charge in [0.25, 0.3) is 0 Å². The van der Waals surface area contributed by atoms with Gasteiger partial charge in [-0.1, -0.05) is 12.1 Å². The molecule has 1 rings (SSSR count). The number of benzene rings is 1. The Balaban J connectivity index is 0.00000324. The molecular weight excluding hydrogens is 303 g/mol. The number of ketones is 1. The predicted molar refractivity (Wildman–Crippen MR) is 63.1 cm³/mol. The summed E-state index contributed by atoms with van der Waals surface area (Å²) in [5.74, 6) is -2.08. The number of carbonyl (C=O) groups excluding carboxylic acids is 1. The summed E-state index contributed by atoms with van der Waals surface area (Å²) in [6.07, 6.45) is 0. The van der Waals surface area contributed by atoms with Crippen LogP contribution in [0.15, 0.2) is 29.2 Å². The van der Waals surface area contributed by atoms with Crippen molar-refractivity contribution in [3.63, 3.8) is 0 Å². The Morgan fingerprint density at radius 1 is 1.16 bits per heavy atom. The van der Waals surface area contributed by atoms with Gasteiger partial charge in [-0.2, -0.15) is 0 Å².